The van der Waals surface area contributed by atoms with Crippen molar-refractivity contribution in [3.63, 3.8) is 0 Å². The van der Waals surface area contributed by atoms with Gasteiger partial charge in [0.1, 0.15) is 0 Å². The van der Waals surface area contributed by atoms with Gasteiger partial charge in [-0.1, -0.05) is 37.3 Å². The molecule has 0 radical (unpaired) electrons. The molecule has 1 atom stereocenters. The van der Waals surface area contributed by atoms with E-state index in [9.17, 15) is 4.79 Å². The van der Waals surface area contributed by atoms with E-state index in [4.69, 9.17) is 5.73 Å². The summed E-state index contributed by atoms with van der Waals surface area (Å²) < 4.78 is 0. The van der Waals surface area contributed by atoms with Crippen molar-refractivity contribution in [2.24, 2.45) is 5.73 Å². The molecule has 3 nitrogen and oxygen atoms in total. The highest BCUT2D eigenvalue weighted by molar-refractivity contribution is 5.85. The molecule has 118 valence electrons. The van der Waals surface area contributed by atoms with Gasteiger partial charge in [-0.25, -0.2) is 0 Å². The Labute approximate surface area is 134 Å². The van der Waals surface area contributed by atoms with Gasteiger partial charge in [-0.15, -0.1) is 12.4 Å². The van der Waals surface area contributed by atoms with Crippen LogP contribution in [0.15, 0.2) is 30.3 Å². The largest absolute Gasteiger partial charge is 0.353 e. The fourth-order valence-electron chi connectivity index (χ4n) is 3.00. The molecule has 1 aromatic carbocycles. The van der Waals surface area contributed by atoms with Crippen LogP contribution < -0.4 is 11.1 Å². The van der Waals surface area contributed by atoms with Gasteiger partial charge < -0.3 is 11.1 Å². The van der Waals surface area contributed by atoms with Crippen LogP contribution in [0.4, 0.5) is 0 Å². The van der Waals surface area contributed by atoms with E-state index in [0.717, 1.165) is 32.1 Å². The molecule has 0 aliphatic heterocycles. The Kier molecular flexibility index (Phi) is 7.76. The van der Waals surface area contributed by atoms with E-state index < -0.39 is 0 Å². The standard InChI is InChI=1S/C17H26N2O.ClH/c1-2-13(14-6-4-3-5-7-14)12-17(20)19-16-10-8-15(18)9-11-16;/h3-7,13,15-16H,2,8-12,18H2,1H3,(H,19,20);1H. The Bertz CT molecular complexity index is 416. The summed E-state index contributed by atoms with van der Waals surface area (Å²) in [6.07, 6.45) is 5.68. The maximum absolute atomic E-state index is 12.2. The van der Waals surface area contributed by atoms with Crippen LogP contribution >= 0.6 is 12.4 Å². The van der Waals surface area contributed by atoms with Crippen LogP contribution in [0.1, 0.15) is 56.9 Å². The normalized spacial score (nSPS) is 23.0. The summed E-state index contributed by atoms with van der Waals surface area (Å²) in [5.74, 6) is 0.503. The van der Waals surface area contributed by atoms with Crippen molar-refractivity contribution in [3.8, 4) is 0 Å². The molecule has 3 N–H and O–H groups in total. The smallest absolute Gasteiger partial charge is 0.220 e. The summed E-state index contributed by atoms with van der Waals surface area (Å²) in [5, 5.41) is 3.18. The highest BCUT2D eigenvalue weighted by atomic mass is 35.5. The molecule has 1 unspecified atom stereocenters. The molecule has 0 saturated heterocycles. The van der Waals surface area contributed by atoms with Crippen molar-refractivity contribution < 1.29 is 4.79 Å². The van der Waals surface area contributed by atoms with Crippen molar-refractivity contribution in [2.45, 2.75) is 63.5 Å². The Morgan fingerprint density at radius 1 is 1.24 bits per heavy atom. The number of hydrogen-bond acceptors (Lipinski definition) is 2. The van der Waals surface area contributed by atoms with Gasteiger partial charge in [0.2, 0.25) is 5.91 Å². The van der Waals surface area contributed by atoms with E-state index in [0.29, 0.717) is 24.4 Å². The lowest BCUT2D eigenvalue weighted by Gasteiger charge is -2.27. The van der Waals surface area contributed by atoms with Crippen molar-refractivity contribution >= 4 is 18.3 Å². The van der Waals surface area contributed by atoms with Crippen LogP contribution in [0.25, 0.3) is 0 Å². The lowest BCUT2D eigenvalue weighted by molar-refractivity contribution is -0.122. The summed E-state index contributed by atoms with van der Waals surface area (Å²) in [5.41, 5.74) is 7.15. The minimum Gasteiger partial charge on any atom is -0.353 e. The molecule has 0 bridgehead atoms. The second kappa shape index (κ2) is 9.06. The lowest BCUT2D eigenvalue weighted by Crippen LogP contribution is -2.40. The third-order valence-electron chi connectivity index (χ3n) is 4.33. The number of benzene rings is 1. The fourth-order valence-corrected chi connectivity index (χ4v) is 3.00. The van der Waals surface area contributed by atoms with E-state index in [2.05, 4.69) is 24.4 Å². The number of amides is 1. The summed E-state index contributed by atoms with van der Waals surface area (Å²) in [4.78, 5) is 12.2. The van der Waals surface area contributed by atoms with Crippen LogP contribution in [-0.4, -0.2) is 18.0 Å². The SMILES string of the molecule is CCC(CC(=O)NC1CCC(N)CC1)c1ccccc1.Cl. The molecule has 2 rings (SSSR count). The zero-order chi connectivity index (χ0) is 14.4. The number of carbonyl (C=O) groups is 1. The Morgan fingerprint density at radius 3 is 2.43 bits per heavy atom. The molecule has 4 heteroatoms. The van der Waals surface area contributed by atoms with E-state index in [1.807, 2.05) is 18.2 Å². The molecular formula is C17H27ClN2O. The molecule has 1 aromatic rings. The van der Waals surface area contributed by atoms with Gasteiger partial charge in [-0.05, 0) is 43.6 Å². The van der Waals surface area contributed by atoms with Gasteiger partial charge in [-0.2, -0.15) is 0 Å². The average molecular weight is 311 g/mol. The number of nitrogens with one attached hydrogen (secondary N) is 1. The van der Waals surface area contributed by atoms with Crippen molar-refractivity contribution in [2.75, 3.05) is 0 Å². The second-order valence-corrected chi connectivity index (χ2v) is 5.90. The number of rotatable bonds is 5. The Hall–Kier alpha value is -1.06. The van der Waals surface area contributed by atoms with E-state index in [1.165, 1.54) is 5.56 Å². The van der Waals surface area contributed by atoms with Crippen LogP contribution in [-0.2, 0) is 4.79 Å². The summed E-state index contributed by atoms with van der Waals surface area (Å²) in [7, 11) is 0. The number of hydrogen-bond donors (Lipinski definition) is 2. The molecule has 0 heterocycles. The van der Waals surface area contributed by atoms with Crippen LogP contribution in [0.2, 0.25) is 0 Å². The number of halogens is 1. The molecule has 0 aromatic heterocycles. The van der Waals surface area contributed by atoms with Crippen LogP contribution in [0, 0.1) is 0 Å². The highest BCUT2D eigenvalue weighted by Gasteiger charge is 2.21. The molecular weight excluding hydrogens is 284 g/mol. The van der Waals surface area contributed by atoms with Gasteiger partial charge in [0.25, 0.3) is 0 Å². The van der Waals surface area contributed by atoms with Crippen molar-refractivity contribution in [1.29, 1.82) is 0 Å². The third-order valence-corrected chi connectivity index (χ3v) is 4.33. The van der Waals surface area contributed by atoms with Gasteiger partial charge in [0, 0.05) is 18.5 Å². The minimum atomic E-state index is 0. The van der Waals surface area contributed by atoms with Gasteiger partial charge in [0.05, 0.1) is 0 Å². The molecule has 1 aliphatic carbocycles. The lowest BCUT2D eigenvalue weighted by atomic mass is 9.90. The Morgan fingerprint density at radius 2 is 1.86 bits per heavy atom. The molecule has 1 fully saturated rings. The van der Waals surface area contributed by atoms with Gasteiger partial charge in [-0.3, -0.25) is 4.79 Å². The number of nitrogens with two attached hydrogens (primary N) is 1. The summed E-state index contributed by atoms with van der Waals surface area (Å²) in [6.45, 7) is 2.14. The second-order valence-electron chi connectivity index (χ2n) is 5.90. The van der Waals surface area contributed by atoms with Crippen LogP contribution in [0.5, 0.6) is 0 Å². The first-order valence-electron chi connectivity index (χ1n) is 7.79. The third kappa shape index (κ3) is 5.68. The molecule has 1 saturated carbocycles. The molecule has 0 spiro atoms. The summed E-state index contributed by atoms with van der Waals surface area (Å²) >= 11 is 0. The zero-order valence-corrected chi connectivity index (χ0v) is 13.6. The predicted molar refractivity (Wildman–Crippen MR) is 89.7 cm³/mol. The first kappa shape index (κ1) is 18.0. The molecule has 1 amide bonds. The van der Waals surface area contributed by atoms with Crippen LogP contribution in [0.3, 0.4) is 0 Å². The maximum Gasteiger partial charge on any atom is 0.220 e. The minimum absolute atomic E-state index is 0. The van der Waals surface area contributed by atoms with E-state index in [1.54, 1.807) is 0 Å². The highest BCUT2D eigenvalue weighted by Crippen LogP contribution is 2.23. The first-order valence-corrected chi connectivity index (χ1v) is 7.79. The predicted octanol–water partition coefficient (Wildman–Crippen LogP) is 3.38. The Balaban J connectivity index is 0.00000220. The fraction of sp³-hybridized carbons (Fsp3) is 0.588. The van der Waals surface area contributed by atoms with E-state index >= 15 is 0 Å². The zero-order valence-electron chi connectivity index (χ0n) is 12.8. The first-order chi connectivity index (χ1) is 9.69. The molecule has 21 heavy (non-hydrogen) atoms. The monoisotopic (exact) mass is 310 g/mol. The van der Waals surface area contributed by atoms with Crippen molar-refractivity contribution in [3.05, 3.63) is 35.9 Å². The molecule has 1 aliphatic rings. The van der Waals surface area contributed by atoms with E-state index in [-0.39, 0.29) is 18.3 Å². The van der Waals surface area contributed by atoms with Crippen molar-refractivity contribution in [1.82, 2.24) is 5.32 Å². The number of carbonyl (C=O) groups excluding carboxylic acids is 1. The quantitative estimate of drug-likeness (QED) is 0.876. The van der Waals surface area contributed by atoms with Gasteiger partial charge >= 0.3 is 0 Å². The summed E-state index contributed by atoms with van der Waals surface area (Å²) in [6, 6.07) is 11.0. The van der Waals surface area contributed by atoms with Gasteiger partial charge in [0.15, 0.2) is 0 Å². The topological polar surface area (TPSA) is 55.1 Å². The average Bonchev–Trinajstić information content (AvgIpc) is 2.48. The maximum atomic E-state index is 12.2.